The van der Waals surface area contributed by atoms with Gasteiger partial charge in [-0.1, -0.05) is 0 Å². The van der Waals surface area contributed by atoms with Crippen LogP contribution in [0.4, 0.5) is 0 Å². The van der Waals surface area contributed by atoms with E-state index in [1.165, 1.54) is 0 Å². The largest absolute Gasteiger partial charge is 0.466 e. The fourth-order valence-corrected chi connectivity index (χ4v) is 1.70. The predicted octanol–water partition coefficient (Wildman–Crippen LogP) is 0.292. The number of hydrogen-bond donors (Lipinski definition) is 0. The summed E-state index contributed by atoms with van der Waals surface area (Å²) < 4.78 is 14.3. The lowest BCUT2D eigenvalue weighted by Crippen LogP contribution is -2.29. The van der Waals surface area contributed by atoms with Gasteiger partial charge in [0.05, 0.1) is 26.2 Å². The second kappa shape index (κ2) is 6.22. The first kappa shape index (κ1) is 13.5. The smallest absolute Gasteiger partial charge is 0.320 e. The van der Waals surface area contributed by atoms with E-state index in [-0.39, 0.29) is 26.2 Å². The maximum absolute atomic E-state index is 11.5. The highest BCUT2D eigenvalue weighted by Gasteiger charge is 2.44. The van der Waals surface area contributed by atoms with Gasteiger partial charge in [-0.3, -0.25) is 14.4 Å². The molecule has 0 bridgehead atoms. The molecule has 1 saturated heterocycles. The van der Waals surface area contributed by atoms with Gasteiger partial charge in [-0.25, -0.2) is 0 Å². The number of esters is 3. The Morgan fingerprint density at radius 2 is 1.94 bits per heavy atom. The van der Waals surface area contributed by atoms with Crippen LogP contribution in [0, 0.1) is 11.8 Å². The van der Waals surface area contributed by atoms with Crippen molar-refractivity contribution >= 4 is 17.9 Å². The molecule has 1 fully saturated rings. The van der Waals surface area contributed by atoms with Gasteiger partial charge in [0.25, 0.3) is 0 Å². The maximum atomic E-state index is 11.5. The van der Waals surface area contributed by atoms with E-state index in [1.807, 2.05) is 0 Å². The molecule has 6 nitrogen and oxygen atoms in total. The van der Waals surface area contributed by atoms with Gasteiger partial charge in [-0.2, -0.15) is 0 Å². The van der Waals surface area contributed by atoms with E-state index < -0.39 is 29.7 Å². The van der Waals surface area contributed by atoms with Crippen molar-refractivity contribution in [1.82, 2.24) is 0 Å². The normalized spacial score (nSPS) is 23.1. The van der Waals surface area contributed by atoms with E-state index >= 15 is 0 Å². The SMILES string of the molecule is CCOC(=O)CC1COC(=O)C1C(=O)OCC. The molecule has 0 N–H and O–H groups in total. The fourth-order valence-electron chi connectivity index (χ4n) is 1.70. The molecule has 96 valence electrons. The van der Waals surface area contributed by atoms with Crippen LogP contribution in [-0.2, 0) is 28.6 Å². The molecule has 0 amide bonds. The Bertz CT molecular complexity index is 311. The van der Waals surface area contributed by atoms with Crippen LogP contribution in [0.25, 0.3) is 0 Å². The Balaban J connectivity index is 2.61. The van der Waals surface area contributed by atoms with Crippen molar-refractivity contribution in [3.63, 3.8) is 0 Å². The molecule has 0 aromatic heterocycles. The maximum Gasteiger partial charge on any atom is 0.320 e. The molecule has 6 heteroatoms. The molecular formula is C11H16O6. The second-order valence-corrected chi connectivity index (χ2v) is 3.63. The van der Waals surface area contributed by atoms with Crippen LogP contribution in [0.3, 0.4) is 0 Å². The molecule has 1 aliphatic rings. The number of carbonyl (C=O) groups excluding carboxylic acids is 3. The molecule has 0 aromatic rings. The van der Waals surface area contributed by atoms with Gasteiger partial charge in [0.2, 0.25) is 0 Å². The molecule has 0 aromatic carbocycles. The number of cyclic esters (lactones) is 1. The van der Waals surface area contributed by atoms with E-state index in [4.69, 9.17) is 14.2 Å². The highest BCUT2D eigenvalue weighted by Crippen LogP contribution is 2.26. The lowest BCUT2D eigenvalue weighted by atomic mass is 9.92. The van der Waals surface area contributed by atoms with Gasteiger partial charge in [-0.05, 0) is 13.8 Å². The van der Waals surface area contributed by atoms with Gasteiger partial charge in [-0.15, -0.1) is 0 Å². The lowest BCUT2D eigenvalue weighted by Gasteiger charge is -2.12. The van der Waals surface area contributed by atoms with Gasteiger partial charge in [0.15, 0.2) is 5.92 Å². The summed E-state index contributed by atoms with van der Waals surface area (Å²) in [5, 5.41) is 0. The van der Waals surface area contributed by atoms with Crippen LogP contribution in [-0.4, -0.2) is 37.7 Å². The molecule has 1 heterocycles. The summed E-state index contributed by atoms with van der Waals surface area (Å²) >= 11 is 0. The summed E-state index contributed by atoms with van der Waals surface area (Å²) in [6.07, 6.45) is -0.0109. The Labute approximate surface area is 99.2 Å². The minimum atomic E-state index is -1.00. The molecule has 0 aliphatic carbocycles. The number of rotatable bonds is 5. The van der Waals surface area contributed by atoms with Crippen molar-refractivity contribution in [2.24, 2.45) is 11.8 Å². The topological polar surface area (TPSA) is 78.9 Å². The molecule has 1 rings (SSSR count). The third kappa shape index (κ3) is 3.44. The monoisotopic (exact) mass is 244 g/mol. The number of hydrogen-bond acceptors (Lipinski definition) is 6. The summed E-state index contributed by atoms with van der Waals surface area (Å²) in [6, 6.07) is 0. The summed E-state index contributed by atoms with van der Waals surface area (Å²) in [6.45, 7) is 3.86. The van der Waals surface area contributed by atoms with Crippen molar-refractivity contribution < 1.29 is 28.6 Å². The Hall–Kier alpha value is -1.59. The van der Waals surface area contributed by atoms with Gasteiger partial charge < -0.3 is 14.2 Å². The zero-order valence-electron chi connectivity index (χ0n) is 9.93. The standard InChI is InChI=1S/C11H16O6/c1-3-15-8(12)5-7-6-17-11(14)9(7)10(13)16-4-2/h7,9H,3-6H2,1-2H3. The lowest BCUT2D eigenvalue weighted by molar-refractivity contribution is -0.156. The predicted molar refractivity (Wildman–Crippen MR) is 55.8 cm³/mol. The third-order valence-electron chi connectivity index (χ3n) is 2.44. The minimum Gasteiger partial charge on any atom is -0.466 e. The molecule has 17 heavy (non-hydrogen) atoms. The summed E-state index contributed by atoms with van der Waals surface area (Å²) in [7, 11) is 0. The zero-order chi connectivity index (χ0) is 12.8. The van der Waals surface area contributed by atoms with Crippen LogP contribution >= 0.6 is 0 Å². The van der Waals surface area contributed by atoms with Crippen LogP contribution in [0.15, 0.2) is 0 Å². The first-order valence-electron chi connectivity index (χ1n) is 5.59. The minimum absolute atomic E-state index is 0.0109. The molecule has 0 spiro atoms. The first-order valence-corrected chi connectivity index (χ1v) is 5.59. The Kier molecular flexibility index (Phi) is 4.93. The van der Waals surface area contributed by atoms with Crippen molar-refractivity contribution in [2.75, 3.05) is 19.8 Å². The van der Waals surface area contributed by atoms with Crippen molar-refractivity contribution in [3.8, 4) is 0 Å². The summed E-state index contributed by atoms with van der Waals surface area (Å²) in [4.78, 5) is 34.2. The van der Waals surface area contributed by atoms with Gasteiger partial charge >= 0.3 is 17.9 Å². The Morgan fingerprint density at radius 1 is 1.29 bits per heavy atom. The average molecular weight is 244 g/mol. The molecule has 0 saturated carbocycles. The highest BCUT2D eigenvalue weighted by atomic mass is 16.6. The van der Waals surface area contributed by atoms with Crippen molar-refractivity contribution in [3.05, 3.63) is 0 Å². The van der Waals surface area contributed by atoms with Crippen molar-refractivity contribution in [2.45, 2.75) is 20.3 Å². The van der Waals surface area contributed by atoms with E-state index in [9.17, 15) is 14.4 Å². The first-order chi connectivity index (χ1) is 8.10. The summed E-state index contributed by atoms with van der Waals surface area (Å²) in [5.41, 5.74) is 0. The van der Waals surface area contributed by atoms with E-state index in [1.54, 1.807) is 13.8 Å². The zero-order valence-corrected chi connectivity index (χ0v) is 9.93. The number of carbonyl (C=O) groups is 3. The highest BCUT2D eigenvalue weighted by molar-refractivity contribution is 5.97. The quantitative estimate of drug-likeness (QED) is 0.393. The molecule has 1 aliphatic heterocycles. The average Bonchev–Trinajstić information content (AvgIpc) is 2.60. The number of ether oxygens (including phenoxy) is 3. The molecule has 2 unspecified atom stereocenters. The molecule has 2 atom stereocenters. The fraction of sp³-hybridized carbons (Fsp3) is 0.727. The second-order valence-electron chi connectivity index (χ2n) is 3.63. The van der Waals surface area contributed by atoms with E-state index in [2.05, 4.69) is 0 Å². The van der Waals surface area contributed by atoms with Crippen LogP contribution in [0.1, 0.15) is 20.3 Å². The third-order valence-corrected chi connectivity index (χ3v) is 2.44. The van der Waals surface area contributed by atoms with Crippen molar-refractivity contribution in [1.29, 1.82) is 0 Å². The van der Waals surface area contributed by atoms with Gasteiger partial charge in [0.1, 0.15) is 0 Å². The molecule has 0 radical (unpaired) electrons. The van der Waals surface area contributed by atoms with Crippen LogP contribution in [0.5, 0.6) is 0 Å². The Morgan fingerprint density at radius 3 is 2.53 bits per heavy atom. The molecular weight excluding hydrogens is 228 g/mol. The van der Waals surface area contributed by atoms with E-state index in [0.717, 1.165) is 0 Å². The van der Waals surface area contributed by atoms with Gasteiger partial charge in [0, 0.05) is 5.92 Å². The van der Waals surface area contributed by atoms with Crippen LogP contribution in [0.2, 0.25) is 0 Å². The summed E-state index contributed by atoms with van der Waals surface area (Å²) in [5.74, 6) is -3.19. The van der Waals surface area contributed by atoms with Crippen LogP contribution < -0.4 is 0 Å². The van der Waals surface area contributed by atoms with E-state index in [0.29, 0.717) is 0 Å².